The molecule has 1 heterocycles. The van der Waals surface area contributed by atoms with E-state index < -0.39 is 0 Å². The van der Waals surface area contributed by atoms with Gasteiger partial charge in [0.05, 0.1) is 0 Å². The molecule has 3 heteroatoms. The number of pyridine rings is 1. The summed E-state index contributed by atoms with van der Waals surface area (Å²) in [4.78, 5) is 18.0. The summed E-state index contributed by atoms with van der Waals surface area (Å²) in [6, 6.07) is 4.54. The Labute approximate surface area is 102 Å². The smallest absolute Gasteiger partial charge is 0.247 e. The number of aromatic nitrogens is 1. The Hall–Kier alpha value is -1.64. The molecule has 3 nitrogen and oxygen atoms in total. The van der Waals surface area contributed by atoms with Crippen molar-refractivity contribution in [3.63, 3.8) is 0 Å². The molecular formula is C14H18N2O. The fourth-order valence-corrected chi connectivity index (χ4v) is 1.94. The van der Waals surface area contributed by atoms with Crippen molar-refractivity contribution >= 4 is 12.0 Å². The van der Waals surface area contributed by atoms with Gasteiger partial charge in [-0.15, -0.1) is 0 Å². The van der Waals surface area contributed by atoms with Gasteiger partial charge in [0.1, 0.15) is 0 Å². The lowest BCUT2D eigenvalue weighted by molar-refractivity contribution is -0.128. The van der Waals surface area contributed by atoms with Gasteiger partial charge in [-0.05, 0) is 44.4 Å². The molecule has 1 aliphatic rings. The molecule has 0 aromatic carbocycles. The lowest BCUT2D eigenvalue weighted by Crippen LogP contribution is -2.37. The van der Waals surface area contributed by atoms with E-state index in [1.165, 1.54) is 0 Å². The third-order valence-electron chi connectivity index (χ3n) is 2.85. The molecule has 0 bridgehead atoms. The molecule has 1 aliphatic carbocycles. The van der Waals surface area contributed by atoms with Crippen molar-refractivity contribution in [3.8, 4) is 0 Å². The van der Waals surface area contributed by atoms with Crippen molar-refractivity contribution in [1.82, 2.24) is 9.88 Å². The molecule has 0 N–H and O–H groups in total. The largest absolute Gasteiger partial charge is 0.334 e. The van der Waals surface area contributed by atoms with E-state index in [1.807, 2.05) is 23.1 Å². The zero-order valence-corrected chi connectivity index (χ0v) is 10.3. The Kier molecular flexibility index (Phi) is 3.57. The maximum absolute atomic E-state index is 12.1. The van der Waals surface area contributed by atoms with Gasteiger partial charge in [0.25, 0.3) is 0 Å². The van der Waals surface area contributed by atoms with Gasteiger partial charge >= 0.3 is 0 Å². The highest BCUT2D eigenvalue weighted by Gasteiger charge is 2.32. The second kappa shape index (κ2) is 5.13. The van der Waals surface area contributed by atoms with Gasteiger partial charge < -0.3 is 4.90 Å². The average Bonchev–Trinajstić information content (AvgIpc) is 3.12. The maximum atomic E-state index is 12.1. The van der Waals surface area contributed by atoms with Crippen LogP contribution in [0.2, 0.25) is 0 Å². The van der Waals surface area contributed by atoms with Crippen LogP contribution in [-0.2, 0) is 4.79 Å². The SMILES string of the molecule is CC(C)N(C(=O)/C=C/c1cccnc1)C1CC1. The summed E-state index contributed by atoms with van der Waals surface area (Å²) >= 11 is 0. The third kappa shape index (κ3) is 3.16. The van der Waals surface area contributed by atoms with Crippen LogP contribution in [0.15, 0.2) is 30.6 Å². The molecule has 0 atom stereocenters. The van der Waals surface area contributed by atoms with Gasteiger partial charge in [-0.3, -0.25) is 9.78 Å². The highest BCUT2D eigenvalue weighted by Crippen LogP contribution is 2.28. The van der Waals surface area contributed by atoms with E-state index in [4.69, 9.17) is 0 Å². The molecule has 17 heavy (non-hydrogen) atoms. The molecule has 0 unspecified atom stereocenters. The summed E-state index contributed by atoms with van der Waals surface area (Å²) < 4.78 is 0. The van der Waals surface area contributed by atoms with Crippen LogP contribution in [0, 0.1) is 0 Å². The summed E-state index contributed by atoms with van der Waals surface area (Å²) in [6.07, 6.45) is 9.24. The highest BCUT2D eigenvalue weighted by molar-refractivity contribution is 5.92. The maximum Gasteiger partial charge on any atom is 0.247 e. The Morgan fingerprint density at radius 3 is 2.82 bits per heavy atom. The topological polar surface area (TPSA) is 33.2 Å². The van der Waals surface area contributed by atoms with Crippen molar-refractivity contribution in [1.29, 1.82) is 0 Å². The van der Waals surface area contributed by atoms with Crippen LogP contribution in [0.4, 0.5) is 0 Å². The molecule has 0 radical (unpaired) electrons. The molecule has 1 fully saturated rings. The molecule has 1 amide bonds. The Balaban J connectivity index is 2.02. The molecule has 0 aliphatic heterocycles. The number of hydrogen-bond donors (Lipinski definition) is 0. The summed E-state index contributed by atoms with van der Waals surface area (Å²) in [6.45, 7) is 4.13. The average molecular weight is 230 g/mol. The van der Waals surface area contributed by atoms with Crippen LogP contribution in [0.1, 0.15) is 32.3 Å². The van der Waals surface area contributed by atoms with Crippen LogP contribution >= 0.6 is 0 Å². The summed E-state index contributed by atoms with van der Waals surface area (Å²) in [5.41, 5.74) is 0.959. The number of hydrogen-bond acceptors (Lipinski definition) is 2. The minimum absolute atomic E-state index is 0.103. The van der Waals surface area contributed by atoms with Crippen molar-refractivity contribution in [2.45, 2.75) is 38.8 Å². The predicted octanol–water partition coefficient (Wildman–Crippen LogP) is 2.49. The normalized spacial score (nSPS) is 15.5. The van der Waals surface area contributed by atoms with Crippen LogP contribution in [-0.4, -0.2) is 27.9 Å². The standard InChI is InChI=1S/C14H18N2O/c1-11(2)16(13-6-7-13)14(17)8-5-12-4-3-9-15-10-12/h3-5,8-11,13H,6-7H2,1-2H3/b8-5+. The minimum atomic E-state index is 0.103. The molecule has 90 valence electrons. The summed E-state index contributed by atoms with van der Waals surface area (Å²) in [5.74, 6) is 0.103. The first kappa shape index (κ1) is 11.8. The van der Waals surface area contributed by atoms with Crippen molar-refractivity contribution < 1.29 is 4.79 Å². The van der Waals surface area contributed by atoms with Crippen molar-refractivity contribution in [2.75, 3.05) is 0 Å². The fourth-order valence-electron chi connectivity index (χ4n) is 1.94. The number of rotatable bonds is 4. The van der Waals surface area contributed by atoms with Gasteiger partial charge in [-0.1, -0.05) is 6.07 Å². The van der Waals surface area contributed by atoms with Crippen LogP contribution in [0.25, 0.3) is 6.08 Å². The number of carbonyl (C=O) groups is 1. The van der Waals surface area contributed by atoms with E-state index >= 15 is 0 Å². The van der Waals surface area contributed by atoms with Gasteiger partial charge in [0.15, 0.2) is 0 Å². The van der Waals surface area contributed by atoms with Crippen molar-refractivity contribution in [2.24, 2.45) is 0 Å². The zero-order chi connectivity index (χ0) is 12.3. The number of nitrogens with zero attached hydrogens (tertiary/aromatic N) is 2. The quantitative estimate of drug-likeness (QED) is 0.744. The minimum Gasteiger partial charge on any atom is -0.334 e. The van der Waals surface area contributed by atoms with Gasteiger partial charge in [0, 0.05) is 30.6 Å². The molecule has 1 aromatic heterocycles. The Morgan fingerprint density at radius 2 is 2.29 bits per heavy atom. The van der Waals surface area contributed by atoms with Crippen LogP contribution in [0.3, 0.4) is 0 Å². The fraction of sp³-hybridized carbons (Fsp3) is 0.429. The first-order valence-corrected chi connectivity index (χ1v) is 6.09. The molecular weight excluding hydrogens is 212 g/mol. The molecule has 1 aromatic rings. The lowest BCUT2D eigenvalue weighted by atomic mass is 10.2. The first-order chi connectivity index (χ1) is 8.18. The van der Waals surface area contributed by atoms with E-state index in [0.29, 0.717) is 6.04 Å². The van der Waals surface area contributed by atoms with E-state index in [2.05, 4.69) is 18.8 Å². The monoisotopic (exact) mass is 230 g/mol. The van der Waals surface area contributed by atoms with E-state index in [1.54, 1.807) is 18.5 Å². The van der Waals surface area contributed by atoms with E-state index in [-0.39, 0.29) is 11.9 Å². The molecule has 1 saturated carbocycles. The molecule has 0 spiro atoms. The second-order valence-electron chi connectivity index (χ2n) is 4.69. The first-order valence-electron chi connectivity index (χ1n) is 6.09. The van der Waals surface area contributed by atoms with Gasteiger partial charge in [-0.2, -0.15) is 0 Å². The van der Waals surface area contributed by atoms with E-state index in [9.17, 15) is 4.79 Å². The summed E-state index contributed by atoms with van der Waals surface area (Å²) in [5, 5.41) is 0. The molecule has 0 saturated heterocycles. The Morgan fingerprint density at radius 1 is 1.53 bits per heavy atom. The third-order valence-corrected chi connectivity index (χ3v) is 2.85. The number of carbonyl (C=O) groups excluding carboxylic acids is 1. The zero-order valence-electron chi connectivity index (χ0n) is 10.3. The predicted molar refractivity (Wildman–Crippen MR) is 68.3 cm³/mol. The van der Waals surface area contributed by atoms with Crippen LogP contribution < -0.4 is 0 Å². The highest BCUT2D eigenvalue weighted by atomic mass is 16.2. The second-order valence-corrected chi connectivity index (χ2v) is 4.69. The number of amides is 1. The van der Waals surface area contributed by atoms with Crippen molar-refractivity contribution in [3.05, 3.63) is 36.2 Å². The lowest BCUT2D eigenvalue weighted by Gasteiger charge is -2.25. The van der Waals surface area contributed by atoms with Gasteiger partial charge in [-0.25, -0.2) is 0 Å². The molecule has 2 rings (SSSR count). The van der Waals surface area contributed by atoms with Gasteiger partial charge in [0.2, 0.25) is 5.91 Å². The van der Waals surface area contributed by atoms with E-state index in [0.717, 1.165) is 18.4 Å². The Bertz CT molecular complexity index is 405. The summed E-state index contributed by atoms with van der Waals surface area (Å²) in [7, 11) is 0. The van der Waals surface area contributed by atoms with Crippen LogP contribution in [0.5, 0.6) is 0 Å².